The Labute approximate surface area is 149 Å². The van der Waals surface area contributed by atoms with Crippen molar-refractivity contribution in [3.63, 3.8) is 0 Å². The van der Waals surface area contributed by atoms with Crippen LogP contribution < -0.4 is 0 Å². The van der Waals surface area contributed by atoms with Crippen molar-refractivity contribution in [2.45, 2.75) is 39.2 Å². The van der Waals surface area contributed by atoms with Crippen molar-refractivity contribution in [3.05, 3.63) is 21.5 Å². The molecule has 0 spiro atoms. The van der Waals surface area contributed by atoms with Crippen LogP contribution in [0, 0.1) is 17.0 Å². The number of aromatic nitrogens is 2. The zero-order valence-electron chi connectivity index (χ0n) is 14.6. The number of carboxylic acids is 1. The Morgan fingerprint density at radius 3 is 2.65 bits per heavy atom. The van der Waals surface area contributed by atoms with E-state index < -0.39 is 23.3 Å². The maximum atomic E-state index is 12.6. The van der Waals surface area contributed by atoms with Crippen LogP contribution in [-0.2, 0) is 9.59 Å². The number of H-pyrrole nitrogens is 1. The van der Waals surface area contributed by atoms with E-state index in [4.69, 9.17) is 5.11 Å². The van der Waals surface area contributed by atoms with Crippen LogP contribution in [0.5, 0.6) is 0 Å². The van der Waals surface area contributed by atoms with E-state index in [1.165, 1.54) is 23.6 Å². The Morgan fingerprint density at radius 1 is 1.38 bits per heavy atom. The molecule has 0 bridgehead atoms. The van der Waals surface area contributed by atoms with Gasteiger partial charge in [0.2, 0.25) is 11.6 Å². The summed E-state index contributed by atoms with van der Waals surface area (Å²) in [4.78, 5) is 48.6. The van der Waals surface area contributed by atoms with Gasteiger partial charge >= 0.3 is 11.7 Å². The highest BCUT2D eigenvalue weighted by Crippen LogP contribution is 2.24. The second kappa shape index (κ2) is 7.93. The molecule has 0 aromatic carbocycles. The van der Waals surface area contributed by atoms with Crippen molar-refractivity contribution in [2.24, 2.45) is 0 Å². The molecule has 1 atom stereocenters. The van der Waals surface area contributed by atoms with Gasteiger partial charge in [0.05, 0.1) is 4.92 Å². The molecule has 2 rings (SSSR count). The van der Waals surface area contributed by atoms with E-state index in [2.05, 4.69) is 10.2 Å². The van der Waals surface area contributed by atoms with Gasteiger partial charge in [-0.05, 0) is 26.2 Å². The van der Waals surface area contributed by atoms with E-state index in [0.717, 1.165) is 0 Å². The van der Waals surface area contributed by atoms with Gasteiger partial charge in [0, 0.05) is 26.1 Å². The van der Waals surface area contributed by atoms with Crippen molar-refractivity contribution in [1.29, 1.82) is 0 Å². The predicted octanol–water partition coefficient (Wildman–Crippen LogP) is 0.554. The quantitative estimate of drug-likeness (QED) is 0.570. The Morgan fingerprint density at radius 2 is 2.08 bits per heavy atom. The highest BCUT2D eigenvalue weighted by atomic mass is 16.6. The molecule has 2 N–H and O–H groups in total. The molecular formula is C15H21N5O6. The molecule has 0 aliphatic carbocycles. The van der Waals surface area contributed by atoms with Gasteiger partial charge < -0.3 is 14.9 Å². The summed E-state index contributed by atoms with van der Waals surface area (Å²) in [5.41, 5.74) is -0.373. The Bertz CT molecular complexity index is 730. The van der Waals surface area contributed by atoms with Crippen molar-refractivity contribution < 1.29 is 24.4 Å². The van der Waals surface area contributed by atoms with E-state index in [9.17, 15) is 24.5 Å². The molecule has 1 aliphatic rings. The number of carbonyl (C=O) groups is 3. The third-order valence-corrected chi connectivity index (χ3v) is 4.44. The Kier molecular flexibility index (Phi) is 5.90. The fourth-order valence-electron chi connectivity index (χ4n) is 3.18. The fourth-order valence-corrected chi connectivity index (χ4v) is 3.18. The summed E-state index contributed by atoms with van der Waals surface area (Å²) >= 11 is 0. The van der Waals surface area contributed by atoms with E-state index in [0.29, 0.717) is 25.8 Å². The second-order valence-electron chi connectivity index (χ2n) is 6.22. The van der Waals surface area contributed by atoms with Gasteiger partial charge in [0.25, 0.3) is 5.91 Å². The first-order valence-corrected chi connectivity index (χ1v) is 8.20. The number of carbonyl (C=O) groups excluding carboxylic acids is 2. The maximum Gasteiger partial charge on any atom is 0.323 e. The molecule has 1 aromatic heterocycles. The lowest BCUT2D eigenvalue weighted by atomic mass is 10.1. The third kappa shape index (κ3) is 4.16. The number of nitrogens with zero attached hydrogens (tertiary/aromatic N) is 4. The number of aromatic amines is 1. The summed E-state index contributed by atoms with van der Waals surface area (Å²) in [5.74, 6) is -1.98. The first kappa shape index (κ1) is 19.3. The van der Waals surface area contributed by atoms with E-state index in [1.807, 2.05) is 0 Å². The molecule has 0 saturated carbocycles. The van der Waals surface area contributed by atoms with Crippen LogP contribution in [0.3, 0.4) is 0 Å². The number of amides is 2. The fraction of sp³-hybridized carbons (Fsp3) is 0.600. The normalized spacial score (nSPS) is 17.5. The van der Waals surface area contributed by atoms with Crippen molar-refractivity contribution in [2.75, 3.05) is 19.6 Å². The van der Waals surface area contributed by atoms with E-state index >= 15 is 0 Å². The van der Waals surface area contributed by atoms with Gasteiger partial charge in [-0.3, -0.25) is 29.6 Å². The lowest BCUT2D eigenvalue weighted by Crippen LogP contribution is -2.43. The SMILES string of the molecule is CC(=O)N(CC(=O)O)C1CCCN(C(=O)c2n[nH]c(C)c2[N+](=O)[O-])CC1. The minimum atomic E-state index is -1.10. The molecule has 2 heterocycles. The number of nitro groups is 1. The predicted molar refractivity (Wildman–Crippen MR) is 88.5 cm³/mol. The number of likely N-dealkylation sites (tertiary alicyclic amines) is 1. The van der Waals surface area contributed by atoms with Gasteiger partial charge in [-0.15, -0.1) is 0 Å². The Hall–Kier alpha value is -2.98. The topological polar surface area (TPSA) is 150 Å². The van der Waals surface area contributed by atoms with E-state index in [-0.39, 0.29) is 35.6 Å². The van der Waals surface area contributed by atoms with Crippen LogP contribution in [0.1, 0.15) is 42.4 Å². The van der Waals surface area contributed by atoms with Crippen molar-refractivity contribution in [3.8, 4) is 0 Å². The molecule has 26 heavy (non-hydrogen) atoms. The van der Waals surface area contributed by atoms with Crippen molar-refractivity contribution in [1.82, 2.24) is 20.0 Å². The molecule has 0 radical (unpaired) electrons. The molecule has 1 fully saturated rings. The van der Waals surface area contributed by atoms with Crippen LogP contribution in [0.4, 0.5) is 5.69 Å². The number of rotatable bonds is 5. The summed E-state index contributed by atoms with van der Waals surface area (Å²) in [5, 5.41) is 26.4. The highest BCUT2D eigenvalue weighted by molar-refractivity contribution is 5.96. The highest BCUT2D eigenvalue weighted by Gasteiger charge is 2.33. The number of hydrogen-bond donors (Lipinski definition) is 2. The van der Waals surface area contributed by atoms with Gasteiger partial charge in [0.1, 0.15) is 12.2 Å². The smallest absolute Gasteiger partial charge is 0.323 e. The van der Waals surface area contributed by atoms with Crippen LogP contribution >= 0.6 is 0 Å². The lowest BCUT2D eigenvalue weighted by molar-refractivity contribution is -0.385. The summed E-state index contributed by atoms with van der Waals surface area (Å²) < 4.78 is 0. The molecule has 142 valence electrons. The minimum Gasteiger partial charge on any atom is -0.480 e. The summed E-state index contributed by atoms with van der Waals surface area (Å²) in [6.07, 6.45) is 1.51. The number of hydrogen-bond acceptors (Lipinski definition) is 6. The monoisotopic (exact) mass is 367 g/mol. The average Bonchev–Trinajstić information content (AvgIpc) is 2.78. The van der Waals surface area contributed by atoms with Crippen LogP contribution in [0.2, 0.25) is 0 Å². The number of carboxylic acid groups (broad SMARTS) is 1. The Balaban J connectivity index is 2.13. The number of aryl methyl sites for hydroxylation is 1. The largest absolute Gasteiger partial charge is 0.480 e. The third-order valence-electron chi connectivity index (χ3n) is 4.44. The summed E-state index contributed by atoms with van der Waals surface area (Å²) in [6.45, 7) is 3.01. The molecule has 1 aliphatic heterocycles. The van der Waals surface area contributed by atoms with Crippen LogP contribution in [0.15, 0.2) is 0 Å². The number of aliphatic carboxylic acids is 1. The van der Waals surface area contributed by atoms with Crippen molar-refractivity contribution >= 4 is 23.5 Å². The van der Waals surface area contributed by atoms with Gasteiger partial charge in [-0.2, -0.15) is 5.10 Å². The molecule has 1 saturated heterocycles. The van der Waals surface area contributed by atoms with Gasteiger partial charge in [0.15, 0.2) is 0 Å². The van der Waals surface area contributed by atoms with E-state index in [1.54, 1.807) is 0 Å². The number of nitrogens with one attached hydrogen (secondary N) is 1. The average molecular weight is 367 g/mol. The standard InChI is InChI=1S/C15H21N5O6/c1-9-14(20(25)26)13(17-16-9)15(24)18-6-3-4-11(5-7-18)19(10(2)21)8-12(22)23/h11H,3-8H2,1-2H3,(H,16,17)(H,22,23). The van der Waals surface area contributed by atoms with Crippen LogP contribution in [-0.4, -0.2) is 73.5 Å². The van der Waals surface area contributed by atoms with Gasteiger partial charge in [-0.1, -0.05) is 0 Å². The van der Waals surface area contributed by atoms with Crippen LogP contribution in [0.25, 0.3) is 0 Å². The zero-order chi connectivity index (χ0) is 19.4. The molecule has 11 heteroatoms. The minimum absolute atomic E-state index is 0.204. The molecule has 1 aromatic rings. The second-order valence-corrected chi connectivity index (χ2v) is 6.22. The first-order valence-electron chi connectivity index (χ1n) is 8.20. The zero-order valence-corrected chi connectivity index (χ0v) is 14.6. The van der Waals surface area contributed by atoms with Gasteiger partial charge in [-0.25, -0.2) is 0 Å². The first-order chi connectivity index (χ1) is 12.2. The molecule has 1 unspecified atom stereocenters. The maximum absolute atomic E-state index is 12.6. The lowest BCUT2D eigenvalue weighted by Gasteiger charge is -2.28. The summed E-state index contributed by atoms with van der Waals surface area (Å²) in [7, 11) is 0. The molecule has 2 amide bonds. The molecule has 11 nitrogen and oxygen atoms in total. The summed E-state index contributed by atoms with van der Waals surface area (Å²) in [6, 6.07) is -0.294. The molecular weight excluding hydrogens is 346 g/mol.